The second-order valence-corrected chi connectivity index (χ2v) is 4.09. The highest BCUT2D eigenvalue weighted by molar-refractivity contribution is 9.10. The van der Waals surface area contributed by atoms with Crippen LogP contribution in [0.1, 0.15) is 0 Å². The van der Waals surface area contributed by atoms with Crippen LogP contribution in [0.25, 0.3) is 10.1 Å². The molecule has 0 unspecified atom stereocenters. The van der Waals surface area contributed by atoms with Crippen molar-refractivity contribution >= 4 is 37.4 Å². The number of aromatic hydroxyl groups is 1. The van der Waals surface area contributed by atoms with Crippen LogP contribution in [0.3, 0.4) is 0 Å². The molecule has 2 aromatic rings. The molecule has 0 aliphatic carbocycles. The summed E-state index contributed by atoms with van der Waals surface area (Å²) < 4.78 is 14.3. The van der Waals surface area contributed by atoms with Crippen molar-refractivity contribution in [3.8, 4) is 5.75 Å². The highest BCUT2D eigenvalue weighted by Crippen LogP contribution is 2.37. The van der Waals surface area contributed by atoms with Crippen molar-refractivity contribution in [1.82, 2.24) is 0 Å². The van der Waals surface area contributed by atoms with E-state index >= 15 is 0 Å². The van der Waals surface area contributed by atoms with E-state index in [4.69, 9.17) is 0 Å². The standard InChI is InChI=1S/C8H4BrFOS/c9-4-3-12-8-5(10)1-2-6(11)7(4)8/h1-3,11H. The van der Waals surface area contributed by atoms with Gasteiger partial charge in [-0.1, -0.05) is 0 Å². The molecule has 0 radical (unpaired) electrons. The number of phenolic OH excluding ortho intramolecular Hbond substituents is 1. The highest BCUT2D eigenvalue weighted by atomic mass is 79.9. The number of halogens is 2. The lowest BCUT2D eigenvalue weighted by Gasteiger charge is -1.95. The molecule has 4 heteroatoms. The van der Waals surface area contributed by atoms with Crippen molar-refractivity contribution in [3.63, 3.8) is 0 Å². The molecule has 1 nitrogen and oxygen atoms in total. The molecule has 62 valence electrons. The zero-order chi connectivity index (χ0) is 8.72. The molecule has 0 amide bonds. The summed E-state index contributed by atoms with van der Waals surface area (Å²) in [4.78, 5) is 0. The molecule has 1 aromatic carbocycles. The van der Waals surface area contributed by atoms with Gasteiger partial charge in [0.2, 0.25) is 0 Å². The predicted molar refractivity (Wildman–Crippen MR) is 51.1 cm³/mol. The average Bonchev–Trinajstić information content (AvgIpc) is 2.42. The molecule has 0 fully saturated rings. The minimum Gasteiger partial charge on any atom is -0.507 e. The smallest absolute Gasteiger partial charge is 0.141 e. The molecule has 1 heterocycles. The van der Waals surface area contributed by atoms with Crippen LogP contribution < -0.4 is 0 Å². The molecule has 0 aliphatic rings. The molecule has 0 bridgehead atoms. The number of phenols is 1. The van der Waals surface area contributed by atoms with Gasteiger partial charge in [-0.15, -0.1) is 11.3 Å². The summed E-state index contributed by atoms with van der Waals surface area (Å²) in [7, 11) is 0. The molecule has 0 saturated heterocycles. The number of thiophene rings is 1. The van der Waals surface area contributed by atoms with Crippen LogP contribution in [-0.2, 0) is 0 Å². The van der Waals surface area contributed by atoms with Gasteiger partial charge in [0.1, 0.15) is 11.6 Å². The quantitative estimate of drug-likeness (QED) is 0.755. The second-order valence-electron chi connectivity index (χ2n) is 2.35. The van der Waals surface area contributed by atoms with Crippen molar-refractivity contribution in [1.29, 1.82) is 0 Å². The third-order valence-corrected chi connectivity index (χ3v) is 3.52. The van der Waals surface area contributed by atoms with Crippen LogP contribution in [0, 0.1) is 5.82 Å². The molecule has 12 heavy (non-hydrogen) atoms. The van der Waals surface area contributed by atoms with Gasteiger partial charge in [-0.25, -0.2) is 4.39 Å². The molecule has 0 atom stereocenters. The van der Waals surface area contributed by atoms with Gasteiger partial charge in [-0.2, -0.15) is 0 Å². The Kier molecular flexibility index (Phi) is 1.81. The van der Waals surface area contributed by atoms with Gasteiger partial charge in [0, 0.05) is 9.85 Å². The van der Waals surface area contributed by atoms with Gasteiger partial charge in [-0.3, -0.25) is 0 Å². The Bertz CT molecular complexity index is 438. The molecule has 0 spiro atoms. The van der Waals surface area contributed by atoms with Crippen molar-refractivity contribution in [2.24, 2.45) is 0 Å². The fourth-order valence-electron chi connectivity index (χ4n) is 1.06. The van der Waals surface area contributed by atoms with E-state index in [0.29, 0.717) is 10.1 Å². The largest absolute Gasteiger partial charge is 0.507 e. The first-order chi connectivity index (χ1) is 5.70. The van der Waals surface area contributed by atoms with Gasteiger partial charge in [0.25, 0.3) is 0 Å². The van der Waals surface area contributed by atoms with Crippen LogP contribution in [0.5, 0.6) is 5.75 Å². The molecule has 2 rings (SSSR count). The van der Waals surface area contributed by atoms with Crippen molar-refractivity contribution in [2.45, 2.75) is 0 Å². The maximum absolute atomic E-state index is 13.1. The summed E-state index contributed by atoms with van der Waals surface area (Å²) in [5, 5.41) is 11.7. The van der Waals surface area contributed by atoms with E-state index in [0.717, 1.165) is 4.47 Å². The maximum atomic E-state index is 13.1. The summed E-state index contributed by atoms with van der Waals surface area (Å²) >= 11 is 4.51. The van der Waals surface area contributed by atoms with E-state index < -0.39 is 0 Å². The monoisotopic (exact) mass is 246 g/mol. The molecule has 1 N–H and O–H groups in total. The van der Waals surface area contributed by atoms with Gasteiger partial charge in [0.15, 0.2) is 0 Å². The summed E-state index contributed by atoms with van der Waals surface area (Å²) in [6, 6.07) is 2.62. The normalized spacial score (nSPS) is 10.8. The lowest BCUT2D eigenvalue weighted by Crippen LogP contribution is -1.73. The van der Waals surface area contributed by atoms with Crippen LogP contribution in [0.4, 0.5) is 4.39 Å². The first-order valence-electron chi connectivity index (χ1n) is 3.24. The van der Waals surface area contributed by atoms with E-state index in [1.165, 1.54) is 23.5 Å². The van der Waals surface area contributed by atoms with Crippen molar-refractivity contribution in [2.75, 3.05) is 0 Å². The van der Waals surface area contributed by atoms with E-state index in [2.05, 4.69) is 15.9 Å². The number of fused-ring (bicyclic) bond motifs is 1. The Labute approximate surface area is 80.6 Å². The zero-order valence-electron chi connectivity index (χ0n) is 5.84. The fraction of sp³-hybridized carbons (Fsp3) is 0. The Morgan fingerprint density at radius 2 is 2.17 bits per heavy atom. The number of rotatable bonds is 0. The molecular weight excluding hydrogens is 243 g/mol. The summed E-state index contributed by atoms with van der Waals surface area (Å²) in [5.41, 5.74) is 0. The van der Waals surface area contributed by atoms with Crippen molar-refractivity contribution in [3.05, 3.63) is 27.8 Å². The van der Waals surface area contributed by atoms with Crippen molar-refractivity contribution < 1.29 is 9.50 Å². The van der Waals surface area contributed by atoms with E-state index in [1.807, 2.05) is 0 Å². The first kappa shape index (κ1) is 8.01. The lowest BCUT2D eigenvalue weighted by atomic mass is 10.2. The molecule has 1 aromatic heterocycles. The lowest BCUT2D eigenvalue weighted by molar-refractivity contribution is 0.480. The Morgan fingerprint density at radius 3 is 2.83 bits per heavy atom. The zero-order valence-corrected chi connectivity index (χ0v) is 8.25. The van der Waals surface area contributed by atoms with Gasteiger partial charge in [-0.05, 0) is 28.1 Å². The van der Waals surface area contributed by atoms with E-state index in [-0.39, 0.29) is 11.6 Å². The third-order valence-electron chi connectivity index (χ3n) is 1.61. The first-order valence-corrected chi connectivity index (χ1v) is 4.91. The topological polar surface area (TPSA) is 20.2 Å². The average molecular weight is 247 g/mol. The Morgan fingerprint density at radius 1 is 1.42 bits per heavy atom. The Balaban J connectivity index is 2.98. The van der Waals surface area contributed by atoms with Gasteiger partial charge >= 0.3 is 0 Å². The SMILES string of the molecule is Oc1ccc(F)c2scc(Br)c12. The van der Waals surface area contributed by atoms with Gasteiger partial charge in [0.05, 0.1) is 10.1 Å². The summed E-state index contributed by atoms with van der Waals surface area (Å²) in [6.45, 7) is 0. The second kappa shape index (κ2) is 2.71. The van der Waals surface area contributed by atoms with Crippen LogP contribution >= 0.6 is 27.3 Å². The predicted octanol–water partition coefficient (Wildman–Crippen LogP) is 3.51. The number of hydrogen-bond donors (Lipinski definition) is 1. The number of benzene rings is 1. The summed E-state index contributed by atoms with van der Waals surface area (Å²) in [5.74, 6) is -0.182. The third kappa shape index (κ3) is 1.03. The fourth-order valence-corrected chi connectivity index (χ4v) is 2.73. The maximum Gasteiger partial charge on any atom is 0.141 e. The van der Waals surface area contributed by atoms with E-state index in [1.54, 1.807) is 5.38 Å². The van der Waals surface area contributed by atoms with Gasteiger partial charge < -0.3 is 5.11 Å². The molecular formula is C8H4BrFOS. The highest BCUT2D eigenvalue weighted by Gasteiger charge is 2.09. The summed E-state index contributed by atoms with van der Waals surface area (Å²) in [6.07, 6.45) is 0. The minimum absolute atomic E-state index is 0.111. The van der Waals surface area contributed by atoms with Crippen LogP contribution in [0.15, 0.2) is 22.0 Å². The number of hydrogen-bond acceptors (Lipinski definition) is 2. The minimum atomic E-state index is -0.293. The molecule has 0 aliphatic heterocycles. The van der Waals surface area contributed by atoms with Crippen LogP contribution in [-0.4, -0.2) is 5.11 Å². The van der Waals surface area contributed by atoms with E-state index in [9.17, 15) is 9.50 Å². The Hall–Kier alpha value is -0.610. The van der Waals surface area contributed by atoms with Crippen LogP contribution in [0.2, 0.25) is 0 Å². The molecule has 0 saturated carbocycles.